The number of ether oxygens (including phenoxy) is 1. The van der Waals surface area contributed by atoms with E-state index in [1.165, 1.54) is 18.5 Å². The Morgan fingerprint density at radius 2 is 1.86 bits per heavy atom. The number of amides is 2. The first-order valence-electron chi connectivity index (χ1n) is 13.5. The number of morpholine rings is 1. The third kappa shape index (κ3) is 6.40. The van der Waals surface area contributed by atoms with Crippen molar-refractivity contribution >= 4 is 40.3 Å². The molecule has 1 fully saturated rings. The number of hydrogen-bond acceptors (Lipinski definition) is 7. The Morgan fingerprint density at radius 1 is 1.16 bits per heavy atom. The predicted molar refractivity (Wildman–Crippen MR) is 156 cm³/mol. The zero-order valence-electron chi connectivity index (χ0n) is 23.5. The summed E-state index contributed by atoms with van der Waals surface area (Å²) < 4.78 is 62.2. The van der Waals surface area contributed by atoms with Crippen molar-refractivity contribution < 1.29 is 27.1 Å². The number of anilines is 3. The summed E-state index contributed by atoms with van der Waals surface area (Å²) in [5, 5.41) is 18.5. The third-order valence-corrected chi connectivity index (χ3v) is 7.46. The first-order chi connectivity index (χ1) is 20.8. The van der Waals surface area contributed by atoms with E-state index in [0.717, 1.165) is 18.2 Å². The quantitative estimate of drug-likeness (QED) is 0.219. The summed E-state index contributed by atoms with van der Waals surface area (Å²) in [6.07, 6.45) is -3.37. The lowest BCUT2D eigenvalue weighted by Crippen LogP contribution is -2.45. The van der Waals surface area contributed by atoms with Crippen molar-refractivity contribution in [2.75, 3.05) is 29.5 Å². The fourth-order valence-corrected chi connectivity index (χ4v) is 5.60. The van der Waals surface area contributed by atoms with Gasteiger partial charge >= 0.3 is 12.2 Å². The molecule has 0 aliphatic carbocycles. The minimum absolute atomic E-state index is 0.000458. The van der Waals surface area contributed by atoms with Crippen molar-refractivity contribution in [3.8, 4) is 17.2 Å². The summed E-state index contributed by atoms with van der Waals surface area (Å²) in [7, 11) is 0. The van der Waals surface area contributed by atoms with Gasteiger partial charge in [-0.25, -0.2) is 18.7 Å². The molecule has 0 bridgehead atoms. The number of halogens is 5. The second kappa shape index (κ2) is 12.3. The molecule has 2 aromatic carbocycles. The normalized spacial score (nSPS) is 17.4. The van der Waals surface area contributed by atoms with Gasteiger partial charge in [0, 0.05) is 25.2 Å². The molecule has 2 aromatic heterocycles. The molecule has 2 atom stereocenters. The zero-order chi connectivity index (χ0) is 31.8. The van der Waals surface area contributed by atoms with Crippen LogP contribution in [0, 0.1) is 17.1 Å². The van der Waals surface area contributed by atoms with Crippen LogP contribution < -0.4 is 16.4 Å². The smallest absolute Gasteiger partial charge is 0.382 e. The fraction of sp³-hybridized carbons (Fsp3) is 0.310. The van der Waals surface area contributed by atoms with E-state index in [0.29, 0.717) is 53.6 Å². The molecule has 1 aliphatic heterocycles. The number of rotatable bonds is 6. The minimum Gasteiger partial charge on any atom is -0.382 e. The number of aromatic nitrogens is 3. The van der Waals surface area contributed by atoms with Crippen molar-refractivity contribution in [1.29, 1.82) is 5.26 Å². The average molecular weight is 631 g/mol. The molecule has 15 heteroatoms. The molecule has 10 nitrogen and oxygen atoms in total. The van der Waals surface area contributed by atoms with E-state index in [-0.39, 0.29) is 40.8 Å². The van der Waals surface area contributed by atoms with Crippen molar-refractivity contribution in [3.05, 3.63) is 70.4 Å². The number of nitriles is 1. The van der Waals surface area contributed by atoms with Gasteiger partial charge in [-0.3, -0.25) is 4.90 Å². The van der Waals surface area contributed by atoms with Gasteiger partial charge in [0.2, 0.25) is 0 Å². The maximum atomic E-state index is 15.4. The Kier molecular flexibility index (Phi) is 8.64. The van der Waals surface area contributed by atoms with Gasteiger partial charge in [-0.1, -0.05) is 17.7 Å². The second-order valence-electron chi connectivity index (χ2n) is 10.5. The molecule has 44 heavy (non-hydrogen) atoms. The summed E-state index contributed by atoms with van der Waals surface area (Å²) in [5.74, 6) is -0.716. The maximum absolute atomic E-state index is 15.4. The van der Waals surface area contributed by atoms with E-state index in [2.05, 4.69) is 31.7 Å². The highest BCUT2D eigenvalue weighted by molar-refractivity contribution is 6.33. The number of benzene rings is 2. The summed E-state index contributed by atoms with van der Waals surface area (Å²) in [5.41, 5.74) is 7.24. The number of urea groups is 1. The largest absolute Gasteiger partial charge is 0.416 e. The van der Waals surface area contributed by atoms with Gasteiger partial charge in [0.05, 0.1) is 52.4 Å². The van der Waals surface area contributed by atoms with Crippen molar-refractivity contribution in [3.63, 3.8) is 0 Å². The molecule has 5 rings (SSSR count). The molecule has 1 saturated heterocycles. The number of nitrogens with one attached hydrogen (secondary N) is 2. The van der Waals surface area contributed by atoms with Crippen molar-refractivity contribution in [2.45, 2.75) is 45.2 Å². The predicted octanol–water partition coefficient (Wildman–Crippen LogP) is 6.11. The lowest BCUT2D eigenvalue weighted by molar-refractivity contribution is -0.137. The maximum Gasteiger partial charge on any atom is 0.416 e. The lowest BCUT2D eigenvalue weighted by Gasteiger charge is -2.35. The highest BCUT2D eigenvalue weighted by atomic mass is 35.5. The number of nitrogens with zero attached hydrogens (tertiary/aromatic N) is 5. The van der Waals surface area contributed by atoms with E-state index in [4.69, 9.17) is 22.1 Å². The number of hydrogen-bond donors (Lipinski definition) is 3. The van der Waals surface area contributed by atoms with Gasteiger partial charge in [0.1, 0.15) is 17.7 Å². The van der Waals surface area contributed by atoms with Gasteiger partial charge in [0.15, 0.2) is 5.82 Å². The monoisotopic (exact) mass is 630 g/mol. The second-order valence-corrected chi connectivity index (χ2v) is 10.9. The highest BCUT2D eigenvalue weighted by Crippen LogP contribution is 2.38. The molecule has 2 amide bonds. The van der Waals surface area contributed by atoms with Crippen molar-refractivity contribution in [1.82, 2.24) is 19.5 Å². The van der Waals surface area contributed by atoms with E-state index < -0.39 is 23.6 Å². The van der Waals surface area contributed by atoms with Gasteiger partial charge < -0.3 is 21.1 Å². The zero-order valence-corrected chi connectivity index (χ0v) is 24.3. The number of fused-ring (bicyclic) bond motifs is 1. The van der Waals surface area contributed by atoms with Crippen LogP contribution in [0.4, 0.5) is 39.5 Å². The number of carbonyl (C=O) groups is 1. The van der Waals surface area contributed by atoms with Gasteiger partial charge in [-0.2, -0.15) is 23.5 Å². The highest BCUT2D eigenvalue weighted by Gasteiger charge is 2.31. The van der Waals surface area contributed by atoms with Crippen LogP contribution in [0.3, 0.4) is 0 Å². The van der Waals surface area contributed by atoms with Crippen LogP contribution in [0.25, 0.3) is 16.6 Å². The van der Waals surface area contributed by atoms with Crippen LogP contribution in [-0.4, -0.2) is 50.8 Å². The fourth-order valence-electron chi connectivity index (χ4n) is 5.43. The summed E-state index contributed by atoms with van der Waals surface area (Å²) in [4.78, 5) is 18.9. The van der Waals surface area contributed by atoms with Crippen molar-refractivity contribution in [2.24, 2.45) is 0 Å². The molecule has 230 valence electrons. The number of nitrogens with two attached hydrogens (primary N) is 1. The van der Waals surface area contributed by atoms with Gasteiger partial charge in [0.25, 0.3) is 0 Å². The molecular weight excluding hydrogens is 604 g/mol. The summed E-state index contributed by atoms with van der Waals surface area (Å²) >= 11 is 5.95. The third-order valence-electron chi connectivity index (χ3n) is 7.13. The minimum atomic E-state index is -4.65. The summed E-state index contributed by atoms with van der Waals surface area (Å²) in [6, 6.07) is 7.62. The van der Waals surface area contributed by atoms with E-state index >= 15 is 4.39 Å². The number of nitrogen functional groups attached to an aromatic ring is 1. The Hall–Kier alpha value is -4.45. The van der Waals surface area contributed by atoms with Crippen LogP contribution in [0.2, 0.25) is 5.02 Å². The van der Waals surface area contributed by atoms with Crippen LogP contribution >= 0.6 is 11.6 Å². The average Bonchev–Trinajstić information content (AvgIpc) is 3.24. The van der Waals surface area contributed by atoms with Crippen LogP contribution in [0.1, 0.15) is 30.7 Å². The number of carbonyl (C=O) groups excluding carboxylic acids is 1. The summed E-state index contributed by atoms with van der Waals surface area (Å²) in [6.45, 7) is 5.69. The molecule has 4 aromatic rings. The first-order valence-corrected chi connectivity index (χ1v) is 13.9. The lowest BCUT2D eigenvalue weighted by atomic mass is 9.98. The molecule has 0 radical (unpaired) electrons. The van der Waals surface area contributed by atoms with Gasteiger partial charge in [-0.05, 0) is 55.3 Å². The standard InChI is InChI=1S/C29H27ClF4N8O2/c1-15-11-41(12-16(2)44-15)13-24-19(7-8-35)25(26-27(36)37-14-38-42(24)26)17-3-6-22(21(31)9-17)39-28(43)40-23-10-18(29(32,33)34)4-5-20(23)30/h3-6,9-10,14-16H,7,11-13H2,1-2H3,(H2,36,37,38)(H2,39,40,43). The molecule has 1 aliphatic rings. The number of alkyl halides is 3. The van der Waals surface area contributed by atoms with E-state index in [9.17, 15) is 23.2 Å². The molecule has 2 unspecified atom stereocenters. The van der Waals surface area contributed by atoms with E-state index in [1.807, 2.05) is 13.8 Å². The Morgan fingerprint density at radius 3 is 2.52 bits per heavy atom. The Bertz CT molecular complexity index is 1760. The SMILES string of the molecule is CC1CN(Cc2c(CC#N)c(-c3ccc(NC(=O)Nc4cc(C(F)(F)F)ccc4Cl)c(F)c3)c3c(N)ncnn23)CC(C)O1. The van der Waals surface area contributed by atoms with Crippen LogP contribution in [0.5, 0.6) is 0 Å². The Labute approximate surface area is 254 Å². The molecule has 3 heterocycles. The van der Waals surface area contributed by atoms with Gasteiger partial charge in [-0.15, -0.1) is 0 Å². The molecule has 4 N–H and O–H groups in total. The molecule has 0 saturated carbocycles. The Balaban J connectivity index is 1.47. The first kappa shape index (κ1) is 31.0. The topological polar surface area (TPSA) is 134 Å². The van der Waals surface area contributed by atoms with E-state index in [1.54, 1.807) is 4.52 Å². The van der Waals surface area contributed by atoms with Crippen LogP contribution in [-0.2, 0) is 23.9 Å². The molecule has 0 spiro atoms. The molecular formula is C29H27ClF4N8O2. The van der Waals surface area contributed by atoms with Crippen LogP contribution in [0.15, 0.2) is 42.7 Å².